The second kappa shape index (κ2) is 11.6. The molecule has 0 N–H and O–H groups in total. The normalized spacial score (nSPS) is 11.7. The van der Waals surface area contributed by atoms with Gasteiger partial charge in [0.15, 0.2) is 0 Å². The Hall–Kier alpha value is -0.950. The summed E-state index contributed by atoms with van der Waals surface area (Å²) in [5, 5.41) is 0. The largest absolute Gasteiger partial charge is 0.379 e. The molecule has 22 heavy (non-hydrogen) atoms. The Morgan fingerprint density at radius 2 is 1.41 bits per heavy atom. The molecule has 0 aromatic heterocycles. The minimum atomic E-state index is -3.63. The maximum atomic E-state index is 11.8. The van der Waals surface area contributed by atoms with E-state index in [4.69, 9.17) is 13.7 Å². The van der Waals surface area contributed by atoms with Crippen molar-refractivity contribution in [2.45, 2.75) is 37.5 Å². The summed E-state index contributed by atoms with van der Waals surface area (Å²) in [6.07, 6.45) is 3.61. The fraction of sp³-hybridized carbons (Fsp3) is 0.625. The van der Waals surface area contributed by atoms with Crippen LogP contribution in [0.25, 0.3) is 0 Å². The predicted molar refractivity (Wildman–Crippen MR) is 85.4 cm³/mol. The van der Waals surface area contributed by atoms with Crippen LogP contribution in [0.5, 0.6) is 0 Å². The van der Waals surface area contributed by atoms with Gasteiger partial charge in [-0.2, -0.15) is 8.42 Å². The first-order valence-corrected chi connectivity index (χ1v) is 9.17. The highest BCUT2D eigenvalue weighted by Gasteiger charge is 2.13. The molecular weight excluding hydrogens is 304 g/mol. The Morgan fingerprint density at radius 1 is 0.818 bits per heavy atom. The van der Waals surface area contributed by atoms with E-state index in [9.17, 15) is 8.42 Å². The molecule has 0 fully saturated rings. The van der Waals surface area contributed by atoms with Crippen LogP contribution >= 0.6 is 0 Å². The van der Waals surface area contributed by atoms with E-state index in [0.717, 1.165) is 25.9 Å². The van der Waals surface area contributed by atoms with Gasteiger partial charge in [-0.3, -0.25) is 4.18 Å². The van der Waals surface area contributed by atoms with Gasteiger partial charge in [-0.25, -0.2) is 0 Å². The Bertz CT molecular complexity index is 473. The minimum Gasteiger partial charge on any atom is -0.379 e. The summed E-state index contributed by atoms with van der Waals surface area (Å²) in [5.74, 6) is 0. The van der Waals surface area contributed by atoms with Gasteiger partial charge >= 0.3 is 0 Å². The Morgan fingerprint density at radius 3 is 2.05 bits per heavy atom. The lowest BCUT2D eigenvalue weighted by Gasteiger charge is -2.07. The molecule has 1 rings (SSSR count). The SMILES string of the molecule is CCCCOCCOCCCCOS(=O)(=O)c1ccccc1. The van der Waals surface area contributed by atoms with Crippen molar-refractivity contribution >= 4 is 10.1 Å². The van der Waals surface area contributed by atoms with Crippen LogP contribution in [0.4, 0.5) is 0 Å². The topological polar surface area (TPSA) is 61.8 Å². The molecule has 1 aromatic carbocycles. The van der Waals surface area contributed by atoms with Crippen molar-refractivity contribution in [2.75, 3.05) is 33.0 Å². The molecule has 0 aliphatic rings. The quantitative estimate of drug-likeness (QED) is 0.411. The molecule has 1 aromatic rings. The summed E-state index contributed by atoms with van der Waals surface area (Å²) < 4.78 is 39.4. The average Bonchev–Trinajstić information content (AvgIpc) is 2.53. The van der Waals surface area contributed by atoms with Crippen molar-refractivity contribution < 1.29 is 22.1 Å². The van der Waals surface area contributed by atoms with Crippen LogP contribution < -0.4 is 0 Å². The molecule has 5 nitrogen and oxygen atoms in total. The molecule has 0 heterocycles. The maximum absolute atomic E-state index is 11.8. The first-order chi connectivity index (χ1) is 10.7. The number of ether oxygens (including phenoxy) is 2. The van der Waals surface area contributed by atoms with E-state index in [2.05, 4.69) is 6.92 Å². The van der Waals surface area contributed by atoms with Crippen molar-refractivity contribution in [1.82, 2.24) is 0 Å². The summed E-state index contributed by atoms with van der Waals surface area (Å²) in [6.45, 7) is 4.86. The number of rotatable bonds is 13. The molecule has 0 amide bonds. The van der Waals surface area contributed by atoms with Crippen LogP contribution in [0.2, 0.25) is 0 Å². The van der Waals surface area contributed by atoms with Gasteiger partial charge in [0.25, 0.3) is 10.1 Å². The van der Waals surface area contributed by atoms with E-state index in [0.29, 0.717) is 26.2 Å². The summed E-state index contributed by atoms with van der Waals surface area (Å²) in [4.78, 5) is 0.190. The summed E-state index contributed by atoms with van der Waals surface area (Å²) in [5.41, 5.74) is 0. The number of benzene rings is 1. The highest BCUT2D eigenvalue weighted by Crippen LogP contribution is 2.11. The molecule has 0 atom stereocenters. The summed E-state index contributed by atoms with van der Waals surface area (Å²) in [7, 11) is -3.63. The molecule has 0 saturated carbocycles. The van der Waals surface area contributed by atoms with Gasteiger partial charge in [-0.05, 0) is 31.4 Å². The zero-order valence-electron chi connectivity index (χ0n) is 13.2. The van der Waals surface area contributed by atoms with E-state index in [1.54, 1.807) is 18.2 Å². The third kappa shape index (κ3) is 8.48. The molecule has 0 saturated heterocycles. The zero-order valence-corrected chi connectivity index (χ0v) is 14.0. The highest BCUT2D eigenvalue weighted by atomic mass is 32.2. The standard InChI is InChI=1S/C16H26O5S/c1-2-3-11-19-14-15-20-12-7-8-13-21-22(17,18)16-9-5-4-6-10-16/h4-6,9-10H,2-3,7-8,11-15H2,1H3. The fourth-order valence-electron chi connectivity index (χ4n) is 1.70. The monoisotopic (exact) mass is 330 g/mol. The molecular formula is C16H26O5S. The molecule has 0 aliphatic carbocycles. The van der Waals surface area contributed by atoms with Gasteiger partial charge in [-0.1, -0.05) is 31.5 Å². The van der Waals surface area contributed by atoms with Crippen LogP contribution in [-0.2, 0) is 23.8 Å². The second-order valence-corrected chi connectivity index (χ2v) is 6.49. The molecule has 6 heteroatoms. The summed E-state index contributed by atoms with van der Waals surface area (Å²) in [6, 6.07) is 8.16. The lowest BCUT2D eigenvalue weighted by Crippen LogP contribution is -2.09. The third-order valence-corrected chi connectivity index (χ3v) is 4.29. The predicted octanol–water partition coefficient (Wildman–Crippen LogP) is 3.01. The molecule has 0 aliphatic heterocycles. The Labute approximate surface area is 133 Å². The number of unbranched alkanes of at least 4 members (excludes halogenated alkanes) is 2. The Balaban J connectivity index is 1.99. The molecule has 0 spiro atoms. The van der Waals surface area contributed by atoms with Crippen molar-refractivity contribution in [3.8, 4) is 0 Å². The van der Waals surface area contributed by atoms with Crippen LogP contribution in [0, 0.1) is 0 Å². The fourth-order valence-corrected chi connectivity index (χ4v) is 2.66. The van der Waals surface area contributed by atoms with Gasteiger partial charge in [0.2, 0.25) is 0 Å². The first-order valence-electron chi connectivity index (χ1n) is 7.77. The molecule has 0 unspecified atom stereocenters. The van der Waals surface area contributed by atoms with Crippen LogP contribution in [0.3, 0.4) is 0 Å². The van der Waals surface area contributed by atoms with Gasteiger partial charge in [0, 0.05) is 13.2 Å². The first kappa shape index (κ1) is 19.1. The van der Waals surface area contributed by atoms with E-state index >= 15 is 0 Å². The Kier molecular flexibility index (Phi) is 10.1. The zero-order chi connectivity index (χ0) is 16.1. The molecule has 0 radical (unpaired) electrons. The molecule has 126 valence electrons. The van der Waals surface area contributed by atoms with E-state index in [1.165, 1.54) is 12.1 Å². The van der Waals surface area contributed by atoms with Crippen molar-refractivity contribution in [2.24, 2.45) is 0 Å². The van der Waals surface area contributed by atoms with Crippen LogP contribution in [-0.4, -0.2) is 41.5 Å². The van der Waals surface area contributed by atoms with E-state index < -0.39 is 10.1 Å². The van der Waals surface area contributed by atoms with Gasteiger partial charge in [0.05, 0.1) is 24.7 Å². The smallest absolute Gasteiger partial charge is 0.296 e. The van der Waals surface area contributed by atoms with Gasteiger partial charge < -0.3 is 9.47 Å². The van der Waals surface area contributed by atoms with Crippen molar-refractivity contribution in [1.29, 1.82) is 0 Å². The number of hydrogen-bond acceptors (Lipinski definition) is 5. The highest BCUT2D eigenvalue weighted by molar-refractivity contribution is 7.86. The lowest BCUT2D eigenvalue weighted by atomic mass is 10.3. The lowest BCUT2D eigenvalue weighted by molar-refractivity contribution is 0.0446. The number of hydrogen-bond donors (Lipinski definition) is 0. The molecule has 0 bridgehead atoms. The maximum Gasteiger partial charge on any atom is 0.296 e. The minimum absolute atomic E-state index is 0.174. The second-order valence-electron chi connectivity index (χ2n) is 4.87. The van der Waals surface area contributed by atoms with Crippen molar-refractivity contribution in [3.63, 3.8) is 0 Å². The van der Waals surface area contributed by atoms with Crippen molar-refractivity contribution in [3.05, 3.63) is 30.3 Å². The third-order valence-electron chi connectivity index (χ3n) is 2.97. The van der Waals surface area contributed by atoms with E-state index in [-0.39, 0.29) is 11.5 Å². The summed E-state index contributed by atoms with van der Waals surface area (Å²) >= 11 is 0. The van der Waals surface area contributed by atoms with Gasteiger partial charge in [0.1, 0.15) is 0 Å². The van der Waals surface area contributed by atoms with Crippen LogP contribution in [0.1, 0.15) is 32.6 Å². The van der Waals surface area contributed by atoms with Gasteiger partial charge in [-0.15, -0.1) is 0 Å². The average molecular weight is 330 g/mol. The van der Waals surface area contributed by atoms with Crippen LogP contribution in [0.15, 0.2) is 35.2 Å². The van der Waals surface area contributed by atoms with E-state index in [1.807, 2.05) is 0 Å².